The van der Waals surface area contributed by atoms with E-state index in [-0.39, 0.29) is 5.69 Å². The fraction of sp³-hybridized carbons (Fsp3) is 0.214. The van der Waals surface area contributed by atoms with Crippen molar-refractivity contribution >= 4 is 21.6 Å². The summed E-state index contributed by atoms with van der Waals surface area (Å²) >= 11 is 3.22. The lowest BCUT2D eigenvalue weighted by atomic mass is 10.3. The van der Waals surface area contributed by atoms with Crippen LogP contribution in [-0.4, -0.2) is 16.5 Å². The van der Waals surface area contributed by atoms with Gasteiger partial charge in [0.15, 0.2) is 0 Å². The lowest BCUT2D eigenvalue weighted by Crippen LogP contribution is -2.11. The summed E-state index contributed by atoms with van der Waals surface area (Å²) < 4.78 is 6.12. The van der Waals surface area contributed by atoms with E-state index in [1.165, 1.54) is 12.1 Å². The molecule has 0 bridgehead atoms. The summed E-state index contributed by atoms with van der Waals surface area (Å²) in [5.41, 5.74) is 1.01. The second kappa shape index (κ2) is 7.14. The van der Waals surface area contributed by atoms with Gasteiger partial charge in [0.25, 0.3) is 5.69 Å². The van der Waals surface area contributed by atoms with Crippen molar-refractivity contribution in [2.24, 2.45) is 0 Å². The summed E-state index contributed by atoms with van der Waals surface area (Å²) in [6, 6.07) is 8.07. The summed E-state index contributed by atoms with van der Waals surface area (Å²) in [4.78, 5) is 14.5. The summed E-state index contributed by atoms with van der Waals surface area (Å²) in [5, 5.41) is 14.0. The van der Waals surface area contributed by atoms with E-state index in [9.17, 15) is 10.1 Å². The first-order valence-corrected chi connectivity index (χ1v) is 7.16. The van der Waals surface area contributed by atoms with Gasteiger partial charge in [0.05, 0.1) is 11.0 Å². The Hall–Kier alpha value is -1.99. The number of non-ortho nitro benzene ring substituents is 1. The van der Waals surface area contributed by atoms with Crippen LogP contribution in [0.5, 0.6) is 11.6 Å². The van der Waals surface area contributed by atoms with Crippen molar-refractivity contribution in [2.45, 2.75) is 13.5 Å². The molecule has 2 aromatic rings. The molecule has 0 spiro atoms. The molecule has 0 atom stereocenters. The molecule has 0 saturated heterocycles. The number of hydrogen-bond acceptors (Lipinski definition) is 5. The number of halogens is 1. The van der Waals surface area contributed by atoms with Gasteiger partial charge >= 0.3 is 0 Å². The minimum absolute atomic E-state index is 0.0388. The number of rotatable bonds is 6. The lowest BCUT2D eigenvalue weighted by Gasteiger charge is -2.06. The Morgan fingerprint density at radius 2 is 2.19 bits per heavy atom. The van der Waals surface area contributed by atoms with Crippen LogP contribution in [0, 0.1) is 10.1 Å². The minimum atomic E-state index is -0.468. The molecule has 0 amide bonds. The van der Waals surface area contributed by atoms with Crippen molar-refractivity contribution in [3.63, 3.8) is 0 Å². The summed E-state index contributed by atoms with van der Waals surface area (Å²) in [6.45, 7) is 3.66. The van der Waals surface area contributed by atoms with Gasteiger partial charge in [0.1, 0.15) is 5.75 Å². The highest BCUT2D eigenvalue weighted by molar-refractivity contribution is 9.10. The smallest absolute Gasteiger partial charge is 0.274 e. The average Bonchev–Trinajstić information content (AvgIpc) is 2.46. The summed E-state index contributed by atoms with van der Waals surface area (Å²) in [5.74, 6) is 0.755. The van der Waals surface area contributed by atoms with Crippen LogP contribution in [0.4, 0.5) is 5.69 Å². The van der Waals surface area contributed by atoms with Crippen LogP contribution in [-0.2, 0) is 6.54 Å². The zero-order chi connectivity index (χ0) is 15.2. The van der Waals surface area contributed by atoms with Gasteiger partial charge in [-0.1, -0.05) is 28.9 Å². The molecule has 21 heavy (non-hydrogen) atoms. The van der Waals surface area contributed by atoms with Crippen molar-refractivity contribution < 1.29 is 9.66 Å². The van der Waals surface area contributed by atoms with E-state index in [2.05, 4.69) is 26.2 Å². The van der Waals surface area contributed by atoms with Crippen LogP contribution < -0.4 is 10.1 Å². The number of nitrogens with one attached hydrogen (secondary N) is 1. The molecule has 0 saturated carbocycles. The van der Waals surface area contributed by atoms with Crippen molar-refractivity contribution in [1.82, 2.24) is 10.3 Å². The highest BCUT2D eigenvalue weighted by Crippen LogP contribution is 2.28. The third-order valence-corrected chi connectivity index (χ3v) is 3.12. The SMILES string of the molecule is CCNCc1ccc(Oc2cc(Br)cc([N+](=O)[O-])c2)nc1. The van der Waals surface area contributed by atoms with Gasteiger partial charge in [-0.25, -0.2) is 4.98 Å². The lowest BCUT2D eigenvalue weighted by molar-refractivity contribution is -0.385. The fourth-order valence-corrected chi connectivity index (χ4v) is 2.14. The molecule has 0 aliphatic carbocycles. The Morgan fingerprint density at radius 3 is 2.81 bits per heavy atom. The van der Waals surface area contributed by atoms with Crippen LogP contribution in [0.15, 0.2) is 41.0 Å². The highest BCUT2D eigenvalue weighted by Gasteiger charge is 2.10. The molecule has 2 rings (SSSR count). The second-order valence-corrected chi connectivity index (χ2v) is 5.20. The molecule has 110 valence electrons. The van der Waals surface area contributed by atoms with Crippen LogP contribution in [0.1, 0.15) is 12.5 Å². The minimum Gasteiger partial charge on any atom is -0.439 e. The van der Waals surface area contributed by atoms with Crippen molar-refractivity contribution in [1.29, 1.82) is 0 Å². The van der Waals surface area contributed by atoms with Crippen molar-refractivity contribution in [2.75, 3.05) is 6.54 Å². The van der Waals surface area contributed by atoms with Crippen LogP contribution in [0.2, 0.25) is 0 Å². The molecule has 1 heterocycles. The van der Waals surface area contributed by atoms with Gasteiger partial charge in [0, 0.05) is 29.3 Å². The van der Waals surface area contributed by atoms with Gasteiger partial charge in [-0.3, -0.25) is 10.1 Å². The molecular formula is C14H14BrN3O3. The van der Waals surface area contributed by atoms with E-state index < -0.39 is 4.92 Å². The molecule has 1 N–H and O–H groups in total. The molecule has 0 radical (unpaired) electrons. The number of ether oxygens (including phenoxy) is 1. The standard InChI is InChI=1S/C14H14BrN3O3/c1-2-16-8-10-3-4-14(17-9-10)21-13-6-11(15)5-12(7-13)18(19)20/h3-7,9,16H,2,8H2,1H3. The molecule has 7 heteroatoms. The maximum Gasteiger partial charge on any atom is 0.274 e. The Labute approximate surface area is 130 Å². The predicted molar refractivity (Wildman–Crippen MR) is 82.5 cm³/mol. The summed E-state index contributed by atoms with van der Waals surface area (Å²) in [7, 11) is 0. The number of nitrogens with zero attached hydrogens (tertiary/aromatic N) is 2. The first kappa shape index (κ1) is 15.4. The van der Waals surface area contributed by atoms with E-state index in [4.69, 9.17) is 4.74 Å². The maximum absolute atomic E-state index is 10.8. The van der Waals surface area contributed by atoms with E-state index in [0.29, 0.717) is 16.1 Å². The van der Waals surface area contributed by atoms with Gasteiger partial charge in [-0.05, 0) is 18.2 Å². The third kappa shape index (κ3) is 4.51. The second-order valence-electron chi connectivity index (χ2n) is 4.29. The molecule has 0 fully saturated rings. The fourth-order valence-electron chi connectivity index (χ4n) is 1.68. The Bertz CT molecular complexity index is 632. The van der Waals surface area contributed by atoms with Gasteiger partial charge in [0.2, 0.25) is 5.88 Å². The zero-order valence-electron chi connectivity index (χ0n) is 11.4. The number of pyridine rings is 1. The normalized spacial score (nSPS) is 10.4. The van der Waals surface area contributed by atoms with Crippen LogP contribution in [0.25, 0.3) is 0 Å². The molecule has 0 aliphatic heterocycles. The zero-order valence-corrected chi connectivity index (χ0v) is 13.0. The van der Waals surface area contributed by atoms with Gasteiger partial charge in [-0.15, -0.1) is 0 Å². The van der Waals surface area contributed by atoms with E-state index >= 15 is 0 Å². The number of hydrogen-bond donors (Lipinski definition) is 1. The first-order valence-electron chi connectivity index (χ1n) is 6.37. The summed E-state index contributed by atoms with van der Waals surface area (Å²) in [6.07, 6.45) is 1.71. The van der Waals surface area contributed by atoms with Gasteiger partial charge in [-0.2, -0.15) is 0 Å². The van der Waals surface area contributed by atoms with Crippen molar-refractivity contribution in [3.05, 3.63) is 56.7 Å². The number of nitro benzene ring substituents is 1. The highest BCUT2D eigenvalue weighted by atomic mass is 79.9. The monoisotopic (exact) mass is 351 g/mol. The van der Waals surface area contributed by atoms with Gasteiger partial charge < -0.3 is 10.1 Å². The number of aromatic nitrogens is 1. The average molecular weight is 352 g/mol. The first-order chi connectivity index (χ1) is 10.1. The number of nitro groups is 1. The Morgan fingerprint density at radius 1 is 1.38 bits per heavy atom. The largest absolute Gasteiger partial charge is 0.439 e. The maximum atomic E-state index is 10.8. The quantitative estimate of drug-likeness (QED) is 0.634. The topological polar surface area (TPSA) is 77.3 Å². The Kier molecular flexibility index (Phi) is 5.24. The molecule has 1 aromatic heterocycles. The van der Waals surface area contributed by atoms with Crippen molar-refractivity contribution in [3.8, 4) is 11.6 Å². The van der Waals surface area contributed by atoms with Crippen LogP contribution in [0.3, 0.4) is 0 Å². The Balaban J connectivity index is 2.12. The van der Waals surface area contributed by atoms with E-state index in [1.807, 2.05) is 13.0 Å². The third-order valence-electron chi connectivity index (χ3n) is 2.67. The predicted octanol–water partition coefficient (Wildman–Crippen LogP) is 3.65. The molecule has 6 nitrogen and oxygen atoms in total. The molecular weight excluding hydrogens is 338 g/mol. The molecule has 1 aromatic carbocycles. The molecule has 0 aliphatic rings. The van der Waals surface area contributed by atoms with Crippen LogP contribution >= 0.6 is 15.9 Å². The van der Waals surface area contributed by atoms with E-state index in [0.717, 1.165) is 18.7 Å². The number of benzene rings is 1. The van der Waals surface area contributed by atoms with E-state index in [1.54, 1.807) is 18.3 Å². The molecule has 0 unspecified atom stereocenters.